The number of para-hydroxylation sites is 1. The number of nitrogens with zero attached hydrogens (tertiary/aromatic N) is 3. The molecule has 3 aromatic rings. The summed E-state index contributed by atoms with van der Waals surface area (Å²) in [4.78, 5) is 26.7. The third-order valence-electron chi connectivity index (χ3n) is 4.78. The molecule has 0 saturated heterocycles. The Labute approximate surface area is 163 Å². The van der Waals surface area contributed by atoms with Gasteiger partial charge in [0.05, 0.1) is 5.69 Å². The molecular weight excluding hydrogens is 352 g/mol. The van der Waals surface area contributed by atoms with E-state index in [1.807, 2.05) is 36.4 Å². The first kappa shape index (κ1) is 18.1. The fraction of sp³-hybridized carbons (Fsp3) is 0.227. The maximum absolute atomic E-state index is 12.5. The summed E-state index contributed by atoms with van der Waals surface area (Å²) in [6, 6.07) is 13.6. The Morgan fingerprint density at radius 3 is 2.89 bits per heavy atom. The molecule has 0 amide bonds. The minimum Gasteiger partial charge on any atom is -0.489 e. The Bertz CT molecular complexity index is 1030. The molecule has 1 N–H and O–H groups in total. The second-order valence-corrected chi connectivity index (χ2v) is 6.72. The summed E-state index contributed by atoms with van der Waals surface area (Å²) >= 11 is 0. The van der Waals surface area contributed by atoms with Crippen molar-refractivity contribution in [1.29, 1.82) is 0 Å². The van der Waals surface area contributed by atoms with Crippen LogP contribution in [0, 0.1) is 0 Å². The summed E-state index contributed by atoms with van der Waals surface area (Å²) < 4.78 is 5.77. The van der Waals surface area contributed by atoms with E-state index < -0.39 is 0 Å². The average Bonchev–Trinajstić information content (AvgIpc) is 2.73. The van der Waals surface area contributed by atoms with Crippen LogP contribution in [0.25, 0.3) is 11.5 Å². The summed E-state index contributed by atoms with van der Waals surface area (Å²) in [7, 11) is 0. The number of rotatable bonds is 6. The molecule has 1 aliphatic heterocycles. The molecule has 0 bridgehead atoms. The lowest BCUT2D eigenvalue weighted by Crippen LogP contribution is -2.35. The van der Waals surface area contributed by atoms with E-state index in [0.29, 0.717) is 31.1 Å². The molecule has 142 valence electrons. The number of fused-ring (bicyclic) bond motifs is 1. The lowest BCUT2D eigenvalue weighted by Gasteiger charge is -2.28. The topological polar surface area (TPSA) is 71.1 Å². The van der Waals surface area contributed by atoms with Gasteiger partial charge in [0.1, 0.15) is 18.1 Å². The quantitative estimate of drug-likeness (QED) is 0.672. The van der Waals surface area contributed by atoms with E-state index in [4.69, 9.17) is 9.72 Å². The van der Waals surface area contributed by atoms with Crippen LogP contribution in [0.15, 0.2) is 66.1 Å². The van der Waals surface area contributed by atoms with E-state index in [2.05, 4.69) is 27.5 Å². The molecule has 6 nitrogen and oxygen atoms in total. The SMILES string of the molecule is C=CCOc1ccccc1CN1CCc2c(nc(-c3ccccn3)[nH]c2=O)C1. The monoisotopic (exact) mass is 374 g/mol. The van der Waals surface area contributed by atoms with Gasteiger partial charge in [0.2, 0.25) is 0 Å². The van der Waals surface area contributed by atoms with E-state index in [1.54, 1.807) is 12.3 Å². The van der Waals surface area contributed by atoms with E-state index in [9.17, 15) is 4.79 Å². The standard InChI is InChI=1S/C22H22N4O2/c1-2-13-28-20-9-4-3-7-16(20)14-26-12-10-17-19(15-26)24-21(25-22(17)27)18-8-5-6-11-23-18/h2-9,11H,1,10,12-15H2,(H,24,25,27). The van der Waals surface area contributed by atoms with Gasteiger partial charge >= 0.3 is 0 Å². The molecule has 0 spiro atoms. The van der Waals surface area contributed by atoms with Crippen LogP contribution in [0.3, 0.4) is 0 Å². The summed E-state index contributed by atoms with van der Waals surface area (Å²) in [5.41, 5.74) is 3.30. The van der Waals surface area contributed by atoms with Crippen LogP contribution in [0.2, 0.25) is 0 Å². The van der Waals surface area contributed by atoms with Crippen LogP contribution in [0.5, 0.6) is 5.75 Å². The first-order chi connectivity index (χ1) is 13.7. The Morgan fingerprint density at radius 2 is 2.07 bits per heavy atom. The number of hydrogen-bond donors (Lipinski definition) is 1. The average molecular weight is 374 g/mol. The maximum atomic E-state index is 12.5. The molecule has 28 heavy (non-hydrogen) atoms. The van der Waals surface area contributed by atoms with Gasteiger partial charge in [0, 0.05) is 37.0 Å². The summed E-state index contributed by atoms with van der Waals surface area (Å²) in [6.07, 6.45) is 4.11. The maximum Gasteiger partial charge on any atom is 0.254 e. The first-order valence-corrected chi connectivity index (χ1v) is 9.32. The lowest BCUT2D eigenvalue weighted by molar-refractivity contribution is 0.235. The van der Waals surface area contributed by atoms with Crippen molar-refractivity contribution in [3.05, 3.63) is 88.5 Å². The van der Waals surface area contributed by atoms with Crippen molar-refractivity contribution in [2.45, 2.75) is 19.5 Å². The van der Waals surface area contributed by atoms with Gasteiger partial charge < -0.3 is 9.72 Å². The molecule has 1 aromatic carbocycles. The Kier molecular flexibility index (Phi) is 5.30. The molecule has 0 aliphatic carbocycles. The molecule has 2 aromatic heterocycles. The van der Waals surface area contributed by atoms with Gasteiger partial charge in [-0.25, -0.2) is 4.98 Å². The summed E-state index contributed by atoms with van der Waals surface area (Å²) in [5.74, 6) is 1.38. The van der Waals surface area contributed by atoms with Crippen LogP contribution in [0.1, 0.15) is 16.8 Å². The minimum absolute atomic E-state index is 0.0694. The predicted molar refractivity (Wildman–Crippen MR) is 108 cm³/mol. The molecule has 4 rings (SSSR count). The lowest BCUT2D eigenvalue weighted by atomic mass is 10.0. The largest absolute Gasteiger partial charge is 0.489 e. The highest BCUT2D eigenvalue weighted by Crippen LogP contribution is 2.23. The van der Waals surface area contributed by atoms with Gasteiger partial charge in [0.15, 0.2) is 5.82 Å². The van der Waals surface area contributed by atoms with E-state index in [-0.39, 0.29) is 5.56 Å². The van der Waals surface area contributed by atoms with E-state index in [1.165, 1.54) is 0 Å². The van der Waals surface area contributed by atoms with Crippen molar-refractivity contribution < 1.29 is 4.74 Å². The second-order valence-electron chi connectivity index (χ2n) is 6.72. The highest BCUT2D eigenvalue weighted by Gasteiger charge is 2.22. The smallest absolute Gasteiger partial charge is 0.254 e. The van der Waals surface area contributed by atoms with Crippen molar-refractivity contribution in [2.75, 3.05) is 13.2 Å². The number of benzene rings is 1. The number of ether oxygens (including phenoxy) is 1. The Morgan fingerprint density at radius 1 is 1.21 bits per heavy atom. The zero-order chi connectivity index (χ0) is 19.3. The van der Waals surface area contributed by atoms with Crippen molar-refractivity contribution in [1.82, 2.24) is 19.9 Å². The molecule has 0 fully saturated rings. The van der Waals surface area contributed by atoms with Gasteiger partial charge in [0.25, 0.3) is 5.56 Å². The Balaban J connectivity index is 1.57. The zero-order valence-corrected chi connectivity index (χ0v) is 15.6. The molecule has 1 aliphatic rings. The number of aromatic nitrogens is 3. The zero-order valence-electron chi connectivity index (χ0n) is 15.6. The van der Waals surface area contributed by atoms with Gasteiger partial charge in [-0.05, 0) is 24.6 Å². The van der Waals surface area contributed by atoms with Crippen molar-refractivity contribution >= 4 is 0 Å². The fourth-order valence-electron chi connectivity index (χ4n) is 3.42. The summed E-state index contributed by atoms with van der Waals surface area (Å²) in [5, 5.41) is 0. The number of aromatic amines is 1. The number of nitrogens with one attached hydrogen (secondary N) is 1. The van der Waals surface area contributed by atoms with Crippen LogP contribution < -0.4 is 10.3 Å². The van der Waals surface area contributed by atoms with Crippen molar-refractivity contribution in [2.24, 2.45) is 0 Å². The van der Waals surface area contributed by atoms with Crippen molar-refractivity contribution in [3.63, 3.8) is 0 Å². The van der Waals surface area contributed by atoms with Gasteiger partial charge in [-0.15, -0.1) is 0 Å². The highest BCUT2D eigenvalue weighted by molar-refractivity contribution is 5.49. The minimum atomic E-state index is -0.0694. The van der Waals surface area contributed by atoms with Crippen LogP contribution in [-0.4, -0.2) is 33.0 Å². The highest BCUT2D eigenvalue weighted by atomic mass is 16.5. The molecule has 0 unspecified atom stereocenters. The molecular formula is C22H22N4O2. The number of hydrogen-bond acceptors (Lipinski definition) is 5. The second kappa shape index (κ2) is 8.19. The Hall–Kier alpha value is -3.25. The van der Waals surface area contributed by atoms with Crippen LogP contribution in [0.4, 0.5) is 0 Å². The molecule has 6 heteroatoms. The third kappa shape index (κ3) is 3.87. The van der Waals surface area contributed by atoms with Gasteiger partial charge in [-0.1, -0.05) is 36.9 Å². The van der Waals surface area contributed by atoms with Gasteiger partial charge in [-0.2, -0.15) is 0 Å². The first-order valence-electron chi connectivity index (χ1n) is 9.32. The number of H-pyrrole nitrogens is 1. The summed E-state index contributed by atoms with van der Waals surface area (Å²) in [6.45, 7) is 6.34. The third-order valence-corrected chi connectivity index (χ3v) is 4.78. The molecule has 0 atom stereocenters. The normalized spacial score (nSPS) is 13.7. The fourth-order valence-corrected chi connectivity index (χ4v) is 3.42. The number of pyridine rings is 1. The predicted octanol–water partition coefficient (Wildman–Crippen LogP) is 2.96. The molecule has 0 saturated carbocycles. The van der Waals surface area contributed by atoms with Crippen LogP contribution in [-0.2, 0) is 19.5 Å². The van der Waals surface area contributed by atoms with E-state index >= 15 is 0 Å². The molecule has 3 heterocycles. The molecule has 0 radical (unpaired) electrons. The van der Waals surface area contributed by atoms with Crippen LogP contribution >= 0.6 is 0 Å². The van der Waals surface area contributed by atoms with E-state index in [0.717, 1.165) is 35.7 Å². The van der Waals surface area contributed by atoms with Gasteiger partial charge in [-0.3, -0.25) is 14.7 Å². The van der Waals surface area contributed by atoms with Crippen molar-refractivity contribution in [3.8, 4) is 17.3 Å².